The van der Waals surface area contributed by atoms with Crippen LogP contribution in [-0.2, 0) is 20.7 Å². The van der Waals surface area contributed by atoms with Crippen LogP contribution in [0.5, 0.6) is 0 Å². The Balaban J connectivity index is 1.65. The minimum Gasteiger partial charge on any atom is -0.460 e. The number of amides is 2. The van der Waals surface area contributed by atoms with Gasteiger partial charge in [-0.05, 0) is 43.2 Å². The molecule has 0 aromatic heterocycles. The summed E-state index contributed by atoms with van der Waals surface area (Å²) in [6.07, 6.45) is 1.06. The van der Waals surface area contributed by atoms with Gasteiger partial charge in [0, 0.05) is 19.0 Å². The van der Waals surface area contributed by atoms with Gasteiger partial charge in [-0.1, -0.05) is 29.8 Å². The molecule has 2 aromatic rings. The predicted octanol–water partition coefficient (Wildman–Crippen LogP) is 2.86. The number of ether oxygens (including phenoxy) is 1. The molecular weight excluding hydrogens is 344 g/mol. The van der Waals surface area contributed by atoms with E-state index in [1.165, 1.54) is 12.5 Å². The van der Waals surface area contributed by atoms with E-state index in [-0.39, 0.29) is 25.0 Å². The van der Waals surface area contributed by atoms with Gasteiger partial charge in [-0.25, -0.2) is 4.79 Å². The fourth-order valence-electron chi connectivity index (χ4n) is 2.41. The lowest BCUT2D eigenvalue weighted by Gasteiger charge is -2.08. The second-order valence-corrected chi connectivity index (χ2v) is 6.23. The second-order valence-electron chi connectivity index (χ2n) is 6.23. The largest absolute Gasteiger partial charge is 0.460 e. The third-order valence-corrected chi connectivity index (χ3v) is 3.86. The number of rotatable bonds is 8. The highest BCUT2D eigenvalue weighted by Crippen LogP contribution is 2.10. The molecule has 0 bridgehead atoms. The zero-order valence-corrected chi connectivity index (χ0v) is 15.6. The van der Waals surface area contributed by atoms with Gasteiger partial charge in [0.1, 0.15) is 6.61 Å². The number of carbonyl (C=O) groups excluding carboxylic acids is 3. The van der Waals surface area contributed by atoms with E-state index in [9.17, 15) is 14.4 Å². The Morgan fingerprint density at radius 2 is 1.63 bits per heavy atom. The van der Waals surface area contributed by atoms with Crippen molar-refractivity contribution >= 4 is 23.5 Å². The molecular formula is C21H24N2O4. The molecule has 2 amide bonds. The third-order valence-electron chi connectivity index (χ3n) is 3.86. The second kappa shape index (κ2) is 10.1. The first-order valence-corrected chi connectivity index (χ1v) is 8.81. The summed E-state index contributed by atoms with van der Waals surface area (Å²) < 4.78 is 5.13. The van der Waals surface area contributed by atoms with E-state index in [0.717, 1.165) is 5.56 Å². The van der Waals surface area contributed by atoms with Gasteiger partial charge in [-0.3, -0.25) is 9.59 Å². The number of hydrogen-bond donors (Lipinski definition) is 2. The normalized spacial score (nSPS) is 10.1. The maximum atomic E-state index is 11.9. The van der Waals surface area contributed by atoms with Crippen LogP contribution in [0, 0.1) is 6.92 Å². The summed E-state index contributed by atoms with van der Waals surface area (Å²) in [6.45, 7) is 3.80. The SMILES string of the molecule is CC(=O)Nc1ccc(C(=O)OCCNC(=O)CCc2ccc(C)cc2)cc1. The van der Waals surface area contributed by atoms with Crippen molar-refractivity contribution in [2.45, 2.75) is 26.7 Å². The number of benzene rings is 2. The number of aryl methyl sites for hydroxylation is 2. The molecule has 0 heterocycles. The maximum absolute atomic E-state index is 11.9. The molecule has 0 radical (unpaired) electrons. The molecule has 6 nitrogen and oxygen atoms in total. The quantitative estimate of drug-likeness (QED) is 0.554. The van der Waals surface area contributed by atoms with Crippen LogP contribution in [0.15, 0.2) is 48.5 Å². The molecule has 0 saturated heterocycles. The van der Waals surface area contributed by atoms with E-state index in [4.69, 9.17) is 4.74 Å². The van der Waals surface area contributed by atoms with Gasteiger partial charge in [-0.2, -0.15) is 0 Å². The molecule has 0 fully saturated rings. The summed E-state index contributed by atoms with van der Waals surface area (Å²) in [4.78, 5) is 34.7. The monoisotopic (exact) mass is 368 g/mol. The fraction of sp³-hybridized carbons (Fsp3) is 0.286. The Bertz CT molecular complexity index is 783. The van der Waals surface area contributed by atoms with Crippen LogP contribution in [0.25, 0.3) is 0 Å². The highest BCUT2D eigenvalue weighted by Gasteiger charge is 2.08. The first kappa shape index (κ1) is 20.2. The van der Waals surface area contributed by atoms with Crippen LogP contribution in [-0.4, -0.2) is 30.9 Å². The Labute approximate surface area is 158 Å². The van der Waals surface area contributed by atoms with Crippen molar-refractivity contribution in [3.8, 4) is 0 Å². The number of anilines is 1. The van der Waals surface area contributed by atoms with Crippen molar-refractivity contribution in [3.63, 3.8) is 0 Å². The maximum Gasteiger partial charge on any atom is 0.338 e. The van der Waals surface area contributed by atoms with Crippen molar-refractivity contribution < 1.29 is 19.1 Å². The smallest absolute Gasteiger partial charge is 0.338 e. The van der Waals surface area contributed by atoms with Gasteiger partial charge in [0.25, 0.3) is 0 Å². The molecule has 27 heavy (non-hydrogen) atoms. The van der Waals surface area contributed by atoms with Crippen molar-refractivity contribution in [1.29, 1.82) is 0 Å². The molecule has 0 atom stereocenters. The van der Waals surface area contributed by atoms with Crippen LogP contribution in [0.3, 0.4) is 0 Å². The highest BCUT2D eigenvalue weighted by atomic mass is 16.5. The summed E-state index contributed by atoms with van der Waals surface area (Å²) >= 11 is 0. The Hall–Kier alpha value is -3.15. The van der Waals surface area contributed by atoms with E-state index in [2.05, 4.69) is 10.6 Å². The highest BCUT2D eigenvalue weighted by molar-refractivity contribution is 5.92. The van der Waals surface area contributed by atoms with Crippen molar-refractivity contribution in [3.05, 3.63) is 65.2 Å². The van der Waals surface area contributed by atoms with Crippen molar-refractivity contribution in [1.82, 2.24) is 5.32 Å². The van der Waals surface area contributed by atoms with Crippen molar-refractivity contribution in [2.24, 2.45) is 0 Å². The minimum atomic E-state index is -0.474. The topological polar surface area (TPSA) is 84.5 Å². The van der Waals surface area contributed by atoms with E-state index in [1.54, 1.807) is 24.3 Å². The summed E-state index contributed by atoms with van der Waals surface area (Å²) in [5, 5.41) is 5.36. The van der Waals surface area contributed by atoms with Crippen LogP contribution in [0.4, 0.5) is 5.69 Å². The van der Waals surface area contributed by atoms with Gasteiger partial charge in [0.05, 0.1) is 12.1 Å². The molecule has 0 unspecified atom stereocenters. The predicted molar refractivity (Wildman–Crippen MR) is 104 cm³/mol. The Morgan fingerprint density at radius 3 is 2.26 bits per heavy atom. The fourth-order valence-corrected chi connectivity index (χ4v) is 2.41. The number of nitrogens with one attached hydrogen (secondary N) is 2. The molecule has 2 N–H and O–H groups in total. The van der Waals surface area contributed by atoms with Crippen LogP contribution >= 0.6 is 0 Å². The van der Waals surface area contributed by atoms with Gasteiger partial charge in [-0.15, -0.1) is 0 Å². The molecule has 0 aliphatic rings. The van der Waals surface area contributed by atoms with Crippen LogP contribution in [0.1, 0.15) is 34.8 Å². The summed E-state index contributed by atoms with van der Waals surface area (Å²) in [5.74, 6) is -0.729. The summed E-state index contributed by atoms with van der Waals surface area (Å²) in [6, 6.07) is 14.5. The zero-order valence-electron chi connectivity index (χ0n) is 15.6. The number of carbonyl (C=O) groups is 3. The average Bonchev–Trinajstić information content (AvgIpc) is 2.64. The summed E-state index contributed by atoms with van der Waals surface area (Å²) in [5.41, 5.74) is 3.30. The van der Waals surface area contributed by atoms with Gasteiger partial charge in [0.2, 0.25) is 11.8 Å². The molecule has 2 aromatic carbocycles. The molecule has 6 heteroatoms. The molecule has 2 rings (SSSR count). The van der Waals surface area contributed by atoms with Crippen LogP contribution < -0.4 is 10.6 Å². The van der Waals surface area contributed by atoms with Gasteiger partial charge >= 0.3 is 5.97 Å². The van der Waals surface area contributed by atoms with E-state index in [0.29, 0.717) is 24.1 Å². The Kier molecular flexibility index (Phi) is 7.55. The molecule has 0 saturated carbocycles. The lowest BCUT2D eigenvalue weighted by molar-refractivity contribution is -0.121. The molecule has 0 spiro atoms. The summed E-state index contributed by atoms with van der Waals surface area (Å²) in [7, 11) is 0. The standard InChI is InChI=1S/C21H24N2O4/c1-15-3-5-17(6-4-15)7-12-20(25)22-13-14-27-21(26)18-8-10-19(11-9-18)23-16(2)24/h3-6,8-11H,7,12-14H2,1-2H3,(H,22,25)(H,23,24). The first-order chi connectivity index (χ1) is 12.9. The van der Waals surface area contributed by atoms with Crippen molar-refractivity contribution in [2.75, 3.05) is 18.5 Å². The van der Waals surface area contributed by atoms with E-state index in [1.807, 2.05) is 31.2 Å². The minimum absolute atomic E-state index is 0.0775. The third kappa shape index (κ3) is 7.32. The molecule has 142 valence electrons. The zero-order chi connectivity index (χ0) is 19.6. The number of hydrogen-bond acceptors (Lipinski definition) is 4. The molecule has 0 aliphatic heterocycles. The molecule has 0 aliphatic carbocycles. The van der Waals surface area contributed by atoms with Crippen LogP contribution in [0.2, 0.25) is 0 Å². The average molecular weight is 368 g/mol. The Morgan fingerprint density at radius 1 is 0.963 bits per heavy atom. The number of esters is 1. The lowest BCUT2D eigenvalue weighted by Crippen LogP contribution is -2.28. The van der Waals surface area contributed by atoms with Gasteiger partial charge in [0.15, 0.2) is 0 Å². The lowest BCUT2D eigenvalue weighted by atomic mass is 10.1. The van der Waals surface area contributed by atoms with E-state index >= 15 is 0 Å². The van der Waals surface area contributed by atoms with Gasteiger partial charge < -0.3 is 15.4 Å². The van der Waals surface area contributed by atoms with E-state index < -0.39 is 5.97 Å². The first-order valence-electron chi connectivity index (χ1n) is 8.81.